The second-order valence-corrected chi connectivity index (χ2v) is 6.90. The third-order valence-electron chi connectivity index (χ3n) is 5.05. The van der Waals surface area contributed by atoms with Gasteiger partial charge in [-0.05, 0) is 37.0 Å². The molecule has 2 aliphatic carbocycles. The predicted octanol–water partition coefficient (Wildman–Crippen LogP) is 1.92. The Morgan fingerprint density at radius 2 is 1.64 bits per heavy atom. The van der Waals surface area contributed by atoms with E-state index in [0.717, 1.165) is 25.7 Å². The van der Waals surface area contributed by atoms with Gasteiger partial charge in [0.05, 0.1) is 26.2 Å². The highest BCUT2D eigenvalue weighted by atomic mass is 16.5. The van der Waals surface area contributed by atoms with Crippen LogP contribution in [0, 0.1) is 23.2 Å². The van der Waals surface area contributed by atoms with Crippen LogP contribution in [-0.2, 0) is 19.1 Å². The fraction of sp³-hybridized carbons (Fsp3) is 0.812. The number of hydrogen-bond acceptors (Lipinski definition) is 5. The summed E-state index contributed by atoms with van der Waals surface area (Å²) in [5, 5.41) is 2.61. The number of esters is 1. The molecule has 0 aliphatic heterocycles. The molecule has 0 heterocycles. The fourth-order valence-corrected chi connectivity index (χ4v) is 3.57. The van der Waals surface area contributed by atoms with E-state index in [4.69, 9.17) is 4.74 Å². The van der Waals surface area contributed by atoms with E-state index < -0.39 is 12.1 Å². The van der Waals surface area contributed by atoms with E-state index in [-0.39, 0.29) is 34.9 Å². The van der Waals surface area contributed by atoms with Gasteiger partial charge in [-0.2, -0.15) is 0 Å². The van der Waals surface area contributed by atoms with Gasteiger partial charge in [0.15, 0.2) is 5.78 Å². The van der Waals surface area contributed by atoms with E-state index >= 15 is 0 Å². The number of amides is 1. The molecule has 1 amide bonds. The zero-order valence-electron chi connectivity index (χ0n) is 13.7. The van der Waals surface area contributed by atoms with Crippen LogP contribution < -0.4 is 5.32 Å². The lowest BCUT2D eigenvalue weighted by atomic mass is 9.84. The largest absolute Gasteiger partial charge is 0.469 e. The van der Waals surface area contributed by atoms with Gasteiger partial charge in [-0.15, -0.1) is 0 Å². The summed E-state index contributed by atoms with van der Waals surface area (Å²) in [6, 6.07) is -0.640. The van der Waals surface area contributed by atoms with Crippen molar-refractivity contribution in [3.05, 3.63) is 0 Å². The smallest absolute Gasteiger partial charge is 0.407 e. The monoisotopic (exact) mass is 311 g/mol. The standard InChI is InChI=1S/C16H25NO5/c1-9(2)12(17-15(20)22-4)13(18)10-7-16(5-6-16)8-11(10)14(19)21-3/h9-12H,5-8H2,1-4H3,(H,17,20)/t10?,11-,12+/m1/s1. The van der Waals surface area contributed by atoms with Crippen molar-refractivity contribution >= 4 is 17.8 Å². The Bertz CT molecular complexity index is 469. The van der Waals surface area contributed by atoms with Gasteiger partial charge in [-0.1, -0.05) is 13.8 Å². The first-order valence-electron chi connectivity index (χ1n) is 7.79. The Kier molecular flexibility index (Phi) is 4.78. The van der Waals surface area contributed by atoms with Gasteiger partial charge in [0.2, 0.25) is 0 Å². The molecule has 2 aliphatic rings. The quantitative estimate of drug-likeness (QED) is 0.784. The molecule has 0 bridgehead atoms. The van der Waals surface area contributed by atoms with Gasteiger partial charge in [0.1, 0.15) is 0 Å². The summed E-state index contributed by atoms with van der Waals surface area (Å²) in [4.78, 5) is 36.4. The van der Waals surface area contributed by atoms with E-state index in [1.165, 1.54) is 14.2 Å². The van der Waals surface area contributed by atoms with Crippen molar-refractivity contribution in [2.75, 3.05) is 14.2 Å². The summed E-state index contributed by atoms with van der Waals surface area (Å²) in [5.74, 6) is -1.23. The number of methoxy groups -OCH3 is 2. The molecule has 0 saturated heterocycles. The van der Waals surface area contributed by atoms with E-state index in [2.05, 4.69) is 10.1 Å². The number of Topliss-reactive ketones (excluding diaryl/α,β-unsaturated/α-hetero) is 1. The van der Waals surface area contributed by atoms with Crippen LogP contribution in [0.4, 0.5) is 4.79 Å². The summed E-state index contributed by atoms with van der Waals surface area (Å²) in [6.45, 7) is 3.74. The summed E-state index contributed by atoms with van der Waals surface area (Å²) < 4.78 is 9.47. The van der Waals surface area contributed by atoms with E-state index in [1.54, 1.807) is 0 Å². The molecular weight excluding hydrogens is 286 g/mol. The zero-order valence-corrected chi connectivity index (χ0v) is 13.7. The van der Waals surface area contributed by atoms with Gasteiger partial charge in [0, 0.05) is 5.92 Å². The maximum absolute atomic E-state index is 12.9. The van der Waals surface area contributed by atoms with Gasteiger partial charge >= 0.3 is 12.1 Å². The lowest BCUT2D eigenvalue weighted by Gasteiger charge is -2.25. The number of ketones is 1. The van der Waals surface area contributed by atoms with Crippen molar-refractivity contribution in [1.82, 2.24) is 5.32 Å². The number of rotatable bonds is 5. The number of carbonyl (C=O) groups is 3. The minimum Gasteiger partial charge on any atom is -0.469 e. The minimum atomic E-state index is -0.640. The Morgan fingerprint density at radius 3 is 2.09 bits per heavy atom. The molecule has 124 valence electrons. The zero-order chi connectivity index (χ0) is 16.5. The molecule has 0 aromatic heterocycles. The van der Waals surface area contributed by atoms with Crippen LogP contribution in [0.15, 0.2) is 0 Å². The molecule has 0 aromatic rings. The molecule has 1 unspecified atom stereocenters. The van der Waals surface area contributed by atoms with Crippen molar-refractivity contribution in [2.24, 2.45) is 23.2 Å². The summed E-state index contributed by atoms with van der Waals surface area (Å²) in [5.41, 5.74) is 0.145. The first-order chi connectivity index (χ1) is 10.3. The van der Waals surface area contributed by atoms with Crippen LogP contribution in [0.2, 0.25) is 0 Å². The third-order valence-corrected chi connectivity index (χ3v) is 5.05. The second-order valence-electron chi connectivity index (χ2n) is 6.90. The average molecular weight is 311 g/mol. The number of ether oxygens (including phenoxy) is 2. The summed E-state index contributed by atoms with van der Waals surface area (Å²) in [7, 11) is 2.62. The molecule has 6 nitrogen and oxygen atoms in total. The van der Waals surface area contributed by atoms with Crippen LogP contribution >= 0.6 is 0 Å². The van der Waals surface area contributed by atoms with Gasteiger partial charge in [-0.25, -0.2) is 4.79 Å². The van der Waals surface area contributed by atoms with Crippen molar-refractivity contribution in [1.29, 1.82) is 0 Å². The van der Waals surface area contributed by atoms with Gasteiger partial charge < -0.3 is 14.8 Å². The van der Waals surface area contributed by atoms with E-state index in [1.807, 2.05) is 13.8 Å². The number of alkyl carbamates (subject to hydrolysis) is 1. The predicted molar refractivity (Wildman–Crippen MR) is 79.1 cm³/mol. The van der Waals surface area contributed by atoms with Crippen molar-refractivity contribution < 1.29 is 23.9 Å². The maximum Gasteiger partial charge on any atom is 0.407 e. The Morgan fingerprint density at radius 1 is 1.05 bits per heavy atom. The maximum atomic E-state index is 12.9. The van der Waals surface area contributed by atoms with Crippen molar-refractivity contribution in [3.8, 4) is 0 Å². The molecule has 0 aromatic carbocycles. The van der Waals surface area contributed by atoms with Gasteiger partial charge in [-0.3, -0.25) is 9.59 Å². The molecular formula is C16H25NO5. The second kappa shape index (κ2) is 6.26. The molecule has 2 rings (SSSR count). The van der Waals surface area contributed by atoms with Crippen LogP contribution in [0.25, 0.3) is 0 Å². The van der Waals surface area contributed by atoms with Crippen LogP contribution in [0.3, 0.4) is 0 Å². The van der Waals surface area contributed by atoms with E-state index in [9.17, 15) is 14.4 Å². The molecule has 6 heteroatoms. The molecule has 2 fully saturated rings. The molecule has 0 radical (unpaired) electrons. The molecule has 2 saturated carbocycles. The number of carbonyl (C=O) groups excluding carboxylic acids is 3. The highest BCUT2D eigenvalue weighted by Gasteiger charge is 2.57. The van der Waals surface area contributed by atoms with E-state index in [0.29, 0.717) is 0 Å². The minimum absolute atomic E-state index is 0.0688. The molecule has 3 atom stereocenters. The Hall–Kier alpha value is -1.59. The summed E-state index contributed by atoms with van der Waals surface area (Å²) >= 11 is 0. The lowest BCUT2D eigenvalue weighted by molar-refractivity contribution is -0.149. The molecule has 1 spiro atoms. The Labute approximate surface area is 130 Å². The highest BCUT2D eigenvalue weighted by Crippen LogP contribution is 2.62. The fourth-order valence-electron chi connectivity index (χ4n) is 3.57. The van der Waals surface area contributed by atoms with Gasteiger partial charge in [0.25, 0.3) is 0 Å². The topological polar surface area (TPSA) is 81.7 Å². The van der Waals surface area contributed by atoms with Crippen molar-refractivity contribution in [2.45, 2.75) is 45.6 Å². The molecule has 1 N–H and O–H groups in total. The van der Waals surface area contributed by atoms with Crippen LogP contribution in [0.1, 0.15) is 39.5 Å². The lowest BCUT2D eigenvalue weighted by Crippen LogP contribution is -2.48. The average Bonchev–Trinajstić information content (AvgIpc) is 3.13. The molecule has 22 heavy (non-hydrogen) atoms. The SMILES string of the molecule is COC(=O)N[C@H](C(=O)C1CC2(CC2)C[C@H]1C(=O)OC)C(C)C. The third kappa shape index (κ3) is 3.25. The number of nitrogens with one attached hydrogen (secondary N) is 1. The van der Waals surface area contributed by atoms with Crippen molar-refractivity contribution in [3.63, 3.8) is 0 Å². The van der Waals surface area contributed by atoms with Crippen LogP contribution in [-0.4, -0.2) is 38.1 Å². The number of hydrogen-bond donors (Lipinski definition) is 1. The first kappa shape index (κ1) is 16.8. The van der Waals surface area contributed by atoms with Crippen LogP contribution in [0.5, 0.6) is 0 Å². The summed E-state index contributed by atoms with van der Waals surface area (Å²) in [6.07, 6.45) is 2.96. The Balaban J connectivity index is 2.16. The normalized spacial score (nSPS) is 26.6. The highest BCUT2D eigenvalue weighted by molar-refractivity contribution is 5.93. The first-order valence-corrected chi connectivity index (χ1v) is 7.79.